The van der Waals surface area contributed by atoms with Crippen LogP contribution in [0.25, 0.3) is 11.4 Å². The smallest absolute Gasteiger partial charge is 0.339 e. The molecule has 0 saturated carbocycles. The van der Waals surface area contributed by atoms with Crippen LogP contribution in [-0.2, 0) is 11.2 Å². The lowest BCUT2D eigenvalue weighted by atomic mass is 10.2. The highest BCUT2D eigenvalue weighted by molar-refractivity contribution is 6.33. The Kier molecular flexibility index (Phi) is 5.72. The van der Waals surface area contributed by atoms with Crippen LogP contribution in [0.4, 0.5) is 5.69 Å². The van der Waals surface area contributed by atoms with Gasteiger partial charge in [-0.05, 0) is 24.6 Å². The number of carbonyl (C=O) groups excluding carboxylic acids is 1. The van der Waals surface area contributed by atoms with Gasteiger partial charge in [-0.3, -0.25) is 15.1 Å². The highest BCUT2D eigenvalue weighted by Gasteiger charge is 2.17. The van der Waals surface area contributed by atoms with Gasteiger partial charge in [0.2, 0.25) is 11.7 Å². The van der Waals surface area contributed by atoms with Crippen LogP contribution in [-0.4, -0.2) is 32.6 Å². The summed E-state index contributed by atoms with van der Waals surface area (Å²) >= 11 is 5.90. The van der Waals surface area contributed by atoms with E-state index in [0.29, 0.717) is 24.6 Å². The van der Waals surface area contributed by atoms with Gasteiger partial charge in [0, 0.05) is 36.5 Å². The van der Waals surface area contributed by atoms with E-state index in [4.69, 9.17) is 20.9 Å². The summed E-state index contributed by atoms with van der Waals surface area (Å²) in [7, 11) is 0. The number of esters is 1. The molecule has 0 atom stereocenters. The van der Waals surface area contributed by atoms with Gasteiger partial charge in [-0.25, -0.2) is 4.79 Å². The van der Waals surface area contributed by atoms with E-state index >= 15 is 0 Å². The SMILES string of the molecule is O=C(OCCCc1nc(-c2cccnc2)no1)c1cc([N+](=O)[O-])ccc1Cl. The summed E-state index contributed by atoms with van der Waals surface area (Å²) in [5.74, 6) is 0.0991. The van der Waals surface area contributed by atoms with Gasteiger partial charge < -0.3 is 9.26 Å². The largest absolute Gasteiger partial charge is 0.462 e. The average Bonchev–Trinajstić information content (AvgIpc) is 3.15. The first-order valence-electron chi connectivity index (χ1n) is 7.88. The van der Waals surface area contributed by atoms with Gasteiger partial charge >= 0.3 is 5.97 Å². The Morgan fingerprint density at radius 3 is 2.93 bits per heavy atom. The number of aromatic nitrogens is 3. The quantitative estimate of drug-likeness (QED) is 0.261. The third-order valence-corrected chi connectivity index (χ3v) is 3.87. The number of non-ortho nitro benzene ring substituents is 1. The molecule has 0 N–H and O–H groups in total. The third-order valence-electron chi connectivity index (χ3n) is 3.54. The molecule has 0 bridgehead atoms. The summed E-state index contributed by atoms with van der Waals surface area (Å²) in [6.07, 6.45) is 4.11. The molecule has 0 aliphatic rings. The minimum absolute atomic E-state index is 0.0532. The molecule has 1 aromatic carbocycles. The predicted molar refractivity (Wildman–Crippen MR) is 94.2 cm³/mol. The van der Waals surface area contributed by atoms with Gasteiger partial charge in [-0.1, -0.05) is 16.8 Å². The van der Waals surface area contributed by atoms with E-state index in [1.54, 1.807) is 18.5 Å². The van der Waals surface area contributed by atoms with Crippen molar-refractivity contribution in [3.8, 4) is 11.4 Å². The number of hydrogen-bond acceptors (Lipinski definition) is 8. The van der Waals surface area contributed by atoms with Gasteiger partial charge in [-0.2, -0.15) is 4.98 Å². The Balaban J connectivity index is 1.52. The third kappa shape index (κ3) is 4.64. The molecule has 9 nitrogen and oxygen atoms in total. The Morgan fingerprint density at radius 1 is 1.33 bits per heavy atom. The molecule has 3 rings (SSSR count). The Hall–Kier alpha value is -3.33. The summed E-state index contributed by atoms with van der Waals surface area (Å²) in [5, 5.41) is 14.7. The van der Waals surface area contributed by atoms with Crippen LogP contribution in [0.15, 0.2) is 47.2 Å². The maximum atomic E-state index is 12.1. The number of pyridine rings is 1. The first-order chi connectivity index (χ1) is 13.0. The molecule has 2 heterocycles. The number of nitrogens with zero attached hydrogens (tertiary/aromatic N) is 4. The number of nitro benzene ring substituents is 1. The number of ether oxygens (including phenoxy) is 1. The van der Waals surface area contributed by atoms with E-state index < -0.39 is 10.9 Å². The molecular formula is C17H13ClN4O5. The normalized spacial score (nSPS) is 10.6. The second kappa shape index (κ2) is 8.37. The molecule has 3 aromatic rings. The summed E-state index contributed by atoms with van der Waals surface area (Å²) in [6.45, 7) is 0.0719. The van der Waals surface area contributed by atoms with E-state index in [-0.39, 0.29) is 22.9 Å². The second-order valence-electron chi connectivity index (χ2n) is 5.41. The van der Waals surface area contributed by atoms with Crippen LogP contribution in [0.5, 0.6) is 0 Å². The fourth-order valence-corrected chi connectivity index (χ4v) is 2.41. The lowest BCUT2D eigenvalue weighted by molar-refractivity contribution is -0.384. The van der Waals surface area contributed by atoms with Crippen LogP contribution in [0.2, 0.25) is 5.02 Å². The first kappa shape index (κ1) is 18.5. The monoisotopic (exact) mass is 388 g/mol. The van der Waals surface area contributed by atoms with Crippen molar-refractivity contribution >= 4 is 23.3 Å². The maximum Gasteiger partial charge on any atom is 0.339 e. The summed E-state index contributed by atoms with van der Waals surface area (Å²) in [4.78, 5) is 30.5. The molecule has 2 aromatic heterocycles. The predicted octanol–water partition coefficient (Wildman–Crippen LogP) is 3.48. The summed E-state index contributed by atoms with van der Waals surface area (Å²) in [5.41, 5.74) is 0.446. The number of rotatable bonds is 7. The molecule has 0 radical (unpaired) electrons. The van der Waals surface area contributed by atoms with Crippen molar-refractivity contribution in [1.82, 2.24) is 15.1 Å². The van der Waals surface area contributed by atoms with E-state index in [0.717, 1.165) is 11.6 Å². The zero-order chi connectivity index (χ0) is 19.2. The maximum absolute atomic E-state index is 12.1. The fraction of sp³-hybridized carbons (Fsp3) is 0.176. The number of aryl methyl sites for hydroxylation is 1. The number of hydrogen-bond donors (Lipinski definition) is 0. The summed E-state index contributed by atoms with van der Waals surface area (Å²) in [6, 6.07) is 7.17. The molecule has 0 spiro atoms. The Labute approximate surface area is 158 Å². The number of carbonyl (C=O) groups is 1. The van der Waals surface area contributed by atoms with Crippen molar-refractivity contribution in [2.75, 3.05) is 6.61 Å². The van der Waals surface area contributed by atoms with Crippen molar-refractivity contribution in [2.45, 2.75) is 12.8 Å². The van der Waals surface area contributed by atoms with Crippen molar-refractivity contribution < 1.29 is 19.0 Å². The Bertz CT molecular complexity index is 961. The molecule has 0 fully saturated rings. The van der Waals surface area contributed by atoms with Crippen molar-refractivity contribution in [3.05, 3.63) is 69.3 Å². The zero-order valence-electron chi connectivity index (χ0n) is 13.9. The molecule has 138 valence electrons. The Morgan fingerprint density at radius 2 is 2.19 bits per heavy atom. The van der Waals surface area contributed by atoms with Gasteiger partial charge in [0.05, 0.1) is 22.1 Å². The topological polar surface area (TPSA) is 121 Å². The zero-order valence-corrected chi connectivity index (χ0v) is 14.6. The van der Waals surface area contributed by atoms with Gasteiger partial charge in [0.1, 0.15) is 0 Å². The van der Waals surface area contributed by atoms with Crippen molar-refractivity contribution in [2.24, 2.45) is 0 Å². The molecule has 0 aliphatic carbocycles. The lowest BCUT2D eigenvalue weighted by Crippen LogP contribution is -2.08. The molecule has 0 saturated heterocycles. The molecular weight excluding hydrogens is 376 g/mol. The van der Waals surface area contributed by atoms with Gasteiger partial charge in [0.15, 0.2) is 0 Å². The van der Waals surface area contributed by atoms with Gasteiger partial charge in [-0.15, -0.1) is 0 Å². The highest BCUT2D eigenvalue weighted by atomic mass is 35.5. The van der Waals surface area contributed by atoms with Crippen LogP contribution < -0.4 is 0 Å². The van der Waals surface area contributed by atoms with E-state index in [2.05, 4.69) is 15.1 Å². The number of benzene rings is 1. The van der Waals surface area contributed by atoms with Crippen molar-refractivity contribution in [3.63, 3.8) is 0 Å². The minimum Gasteiger partial charge on any atom is -0.462 e. The van der Waals surface area contributed by atoms with Gasteiger partial charge in [0.25, 0.3) is 5.69 Å². The van der Waals surface area contributed by atoms with E-state index in [1.165, 1.54) is 12.1 Å². The van der Waals surface area contributed by atoms with E-state index in [9.17, 15) is 14.9 Å². The molecule has 10 heteroatoms. The lowest BCUT2D eigenvalue weighted by Gasteiger charge is -2.05. The average molecular weight is 389 g/mol. The molecule has 0 amide bonds. The second-order valence-corrected chi connectivity index (χ2v) is 5.82. The van der Waals surface area contributed by atoms with Crippen LogP contribution >= 0.6 is 11.6 Å². The molecule has 0 aliphatic heterocycles. The van der Waals surface area contributed by atoms with E-state index in [1.807, 2.05) is 6.07 Å². The minimum atomic E-state index is -0.731. The van der Waals surface area contributed by atoms with Crippen LogP contribution in [0, 0.1) is 10.1 Å². The van der Waals surface area contributed by atoms with Crippen LogP contribution in [0.1, 0.15) is 22.7 Å². The standard InChI is InChI=1S/C17H13ClN4O5/c18-14-6-5-12(22(24)25)9-13(14)17(23)26-8-2-4-15-20-16(21-27-15)11-3-1-7-19-10-11/h1,3,5-7,9-10H,2,4,8H2. The molecule has 0 unspecified atom stereocenters. The number of halogens is 1. The van der Waals surface area contributed by atoms with Crippen molar-refractivity contribution in [1.29, 1.82) is 0 Å². The molecule has 27 heavy (non-hydrogen) atoms. The fourth-order valence-electron chi connectivity index (χ4n) is 2.22. The highest BCUT2D eigenvalue weighted by Crippen LogP contribution is 2.23. The number of nitro groups is 1. The summed E-state index contributed by atoms with van der Waals surface area (Å²) < 4.78 is 10.3. The van der Waals surface area contributed by atoms with Crippen LogP contribution in [0.3, 0.4) is 0 Å². The first-order valence-corrected chi connectivity index (χ1v) is 8.26.